The van der Waals surface area contributed by atoms with Gasteiger partial charge in [0.2, 0.25) is 0 Å². The van der Waals surface area contributed by atoms with E-state index in [4.69, 9.17) is 16.0 Å². The predicted molar refractivity (Wildman–Crippen MR) is 56.8 cm³/mol. The number of aliphatic hydroxyl groups is 1. The van der Waals surface area contributed by atoms with E-state index in [1.54, 1.807) is 24.5 Å². The number of hydrogen-bond acceptors (Lipinski definition) is 3. The van der Waals surface area contributed by atoms with E-state index in [2.05, 4.69) is 4.98 Å². The third-order valence-corrected chi connectivity index (χ3v) is 2.28. The van der Waals surface area contributed by atoms with E-state index in [1.807, 2.05) is 13.0 Å². The molecule has 0 saturated carbocycles. The number of aliphatic hydroxyl groups excluding tert-OH is 1. The first-order chi connectivity index (χ1) is 7.16. The summed E-state index contributed by atoms with van der Waals surface area (Å²) >= 11 is 5.63. The molecule has 4 heteroatoms. The number of aromatic nitrogens is 1. The zero-order chi connectivity index (χ0) is 10.8. The molecule has 0 amide bonds. The van der Waals surface area contributed by atoms with Crippen LogP contribution >= 0.6 is 11.6 Å². The second-order valence-corrected chi connectivity index (χ2v) is 3.71. The second-order valence-electron chi connectivity index (χ2n) is 3.34. The first-order valence-electron chi connectivity index (χ1n) is 4.51. The van der Waals surface area contributed by atoms with E-state index in [1.165, 1.54) is 0 Å². The van der Waals surface area contributed by atoms with E-state index in [-0.39, 0.29) is 5.22 Å². The molecule has 0 aromatic carbocycles. The van der Waals surface area contributed by atoms with Crippen molar-refractivity contribution in [1.82, 2.24) is 4.98 Å². The Bertz CT molecular complexity index is 467. The van der Waals surface area contributed by atoms with Crippen molar-refractivity contribution in [2.45, 2.75) is 13.0 Å². The lowest BCUT2D eigenvalue weighted by Crippen LogP contribution is -1.98. The molecule has 0 saturated heterocycles. The normalized spacial score (nSPS) is 12.7. The molecule has 15 heavy (non-hydrogen) atoms. The standard InChI is InChI=1S/C11H10ClNO2/c1-7-4-8(6-13-5-7)11(14)9-2-3-10(12)15-9/h2-6,11,14H,1H3. The summed E-state index contributed by atoms with van der Waals surface area (Å²) in [7, 11) is 0. The molecule has 0 spiro atoms. The van der Waals surface area contributed by atoms with Crippen LogP contribution in [0.1, 0.15) is 23.0 Å². The lowest BCUT2D eigenvalue weighted by molar-refractivity contribution is 0.189. The van der Waals surface area contributed by atoms with Gasteiger partial charge in [-0.2, -0.15) is 0 Å². The van der Waals surface area contributed by atoms with Crippen molar-refractivity contribution >= 4 is 11.6 Å². The molecule has 0 aliphatic carbocycles. The lowest BCUT2D eigenvalue weighted by atomic mass is 10.1. The minimum Gasteiger partial charge on any atom is -0.447 e. The fourth-order valence-electron chi connectivity index (χ4n) is 1.37. The molecular formula is C11H10ClNO2. The van der Waals surface area contributed by atoms with Crippen molar-refractivity contribution in [2.75, 3.05) is 0 Å². The number of furan rings is 1. The van der Waals surface area contributed by atoms with Gasteiger partial charge < -0.3 is 9.52 Å². The van der Waals surface area contributed by atoms with Gasteiger partial charge in [-0.25, -0.2) is 0 Å². The highest BCUT2D eigenvalue weighted by Gasteiger charge is 2.14. The molecule has 1 N–H and O–H groups in total. The minimum atomic E-state index is -0.815. The highest BCUT2D eigenvalue weighted by Crippen LogP contribution is 2.25. The summed E-state index contributed by atoms with van der Waals surface area (Å²) in [5.41, 5.74) is 1.69. The summed E-state index contributed by atoms with van der Waals surface area (Å²) in [5, 5.41) is 10.2. The molecule has 2 aromatic rings. The number of aryl methyl sites for hydroxylation is 1. The first kappa shape index (κ1) is 10.2. The van der Waals surface area contributed by atoms with Crippen molar-refractivity contribution in [3.8, 4) is 0 Å². The maximum Gasteiger partial charge on any atom is 0.193 e. The van der Waals surface area contributed by atoms with Gasteiger partial charge in [0.05, 0.1) is 0 Å². The van der Waals surface area contributed by atoms with E-state index in [9.17, 15) is 5.11 Å². The maximum atomic E-state index is 9.94. The molecule has 1 unspecified atom stereocenters. The van der Waals surface area contributed by atoms with Gasteiger partial charge in [-0.1, -0.05) is 0 Å². The van der Waals surface area contributed by atoms with Gasteiger partial charge in [0.15, 0.2) is 5.22 Å². The summed E-state index contributed by atoms with van der Waals surface area (Å²) in [5.74, 6) is 0.424. The molecule has 0 aliphatic heterocycles. The van der Waals surface area contributed by atoms with Crippen molar-refractivity contribution in [1.29, 1.82) is 0 Å². The molecule has 3 nitrogen and oxygen atoms in total. The lowest BCUT2D eigenvalue weighted by Gasteiger charge is -2.07. The van der Waals surface area contributed by atoms with Gasteiger partial charge >= 0.3 is 0 Å². The third-order valence-electron chi connectivity index (χ3n) is 2.08. The number of pyridine rings is 1. The molecule has 0 fully saturated rings. The molecular weight excluding hydrogens is 214 g/mol. The number of rotatable bonds is 2. The second kappa shape index (κ2) is 4.04. The van der Waals surface area contributed by atoms with Crippen LogP contribution in [0.15, 0.2) is 35.0 Å². The minimum absolute atomic E-state index is 0.268. The van der Waals surface area contributed by atoms with Gasteiger partial charge in [0.1, 0.15) is 11.9 Å². The SMILES string of the molecule is Cc1cncc(C(O)c2ccc(Cl)o2)c1. The summed E-state index contributed by atoms with van der Waals surface area (Å²) in [6.07, 6.45) is 2.52. The molecule has 2 heterocycles. The Kier molecular flexibility index (Phi) is 2.75. The molecule has 0 radical (unpaired) electrons. The molecule has 0 aliphatic rings. The molecule has 0 bridgehead atoms. The average molecular weight is 224 g/mol. The number of halogens is 1. The topological polar surface area (TPSA) is 46.3 Å². The zero-order valence-corrected chi connectivity index (χ0v) is 8.90. The first-order valence-corrected chi connectivity index (χ1v) is 4.89. The molecule has 1 atom stereocenters. The number of nitrogens with zero attached hydrogens (tertiary/aromatic N) is 1. The van der Waals surface area contributed by atoms with Crippen molar-refractivity contribution < 1.29 is 9.52 Å². The van der Waals surface area contributed by atoms with Gasteiger partial charge in [-0.05, 0) is 42.3 Å². The van der Waals surface area contributed by atoms with Crippen molar-refractivity contribution in [3.63, 3.8) is 0 Å². The Hall–Kier alpha value is -1.32. The highest BCUT2D eigenvalue weighted by molar-refractivity contribution is 6.28. The van der Waals surface area contributed by atoms with Crippen LogP contribution in [0, 0.1) is 6.92 Å². The average Bonchev–Trinajstić information content (AvgIpc) is 2.64. The van der Waals surface area contributed by atoms with Crippen LogP contribution in [0.3, 0.4) is 0 Å². The Morgan fingerprint density at radius 3 is 2.80 bits per heavy atom. The van der Waals surface area contributed by atoms with Gasteiger partial charge in [-0.15, -0.1) is 0 Å². The Morgan fingerprint density at radius 1 is 1.40 bits per heavy atom. The summed E-state index contributed by atoms with van der Waals surface area (Å²) in [6, 6.07) is 5.10. The van der Waals surface area contributed by atoms with Crippen LogP contribution in [-0.2, 0) is 0 Å². The van der Waals surface area contributed by atoms with Crippen LogP contribution in [0.5, 0.6) is 0 Å². The van der Waals surface area contributed by atoms with Gasteiger partial charge in [0.25, 0.3) is 0 Å². The molecule has 2 rings (SSSR count). The van der Waals surface area contributed by atoms with E-state index < -0.39 is 6.10 Å². The van der Waals surface area contributed by atoms with Crippen molar-refractivity contribution in [3.05, 3.63) is 52.7 Å². The van der Waals surface area contributed by atoms with Crippen LogP contribution in [0.25, 0.3) is 0 Å². The van der Waals surface area contributed by atoms with Crippen LogP contribution < -0.4 is 0 Å². The van der Waals surface area contributed by atoms with Crippen LogP contribution in [0.2, 0.25) is 5.22 Å². The largest absolute Gasteiger partial charge is 0.447 e. The molecule has 2 aromatic heterocycles. The Morgan fingerprint density at radius 2 is 2.20 bits per heavy atom. The Balaban J connectivity index is 2.32. The smallest absolute Gasteiger partial charge is 0.193 e. The van der Waals surface area contributed by atoms with E-state index in [0.29, 0.717) is 11.3 Å². The van der Waals surface area contributed by atoms with Crippen LogP contribution in [-0.4, -0.2) is 10.1 Å². The quantitative estimate of drug-likeness (QED) is 0.852. The Labute approximate surface area is 92.3 Å². The maximum absolute atomic E-state index is 9.94. The third kappa shape index (κ3) is 2.19. The summed E-state index contributed by atoms with van der Waals surface area (Å²) in [6.45, 7) is 1.92. The monoisotopic (exact) mass is 223 g/mol. The summed E-state index contributed by atoms with van der Waals surface area (Å²) < 4.78 is 5.13. The highest BCUT2D eigenvalue weighted by atomic mass is 35.5. The van der Waals surface area contributed by atoms with Gasteiger partial charge in [0, 0.05) is 18.0 Å². The van der Waals surface area contributed by atoms with Crippen molar-refractivity contribution in [2.24, 2.45) is 0 Å². The fraction of sp³-hybridized carbons (Fsp3) is 0.182. The van der Waals surface area contributed by atoms with E-state index in [0.717, 1.165) is 5.56 Å². The fourth-order valence-corrected chi connectivity index (χ4v) is 1.52. The predicted octanol–water partition coefficient (Wildman–Crippen LogP) is 2.72. The molecule has 78 valence electrons. The van der Waals surface area contributed by atoms with Crippen LogP contribution in [0.4, 0.5) is 0 Å². The van der Waals surface area contributed by atoms with Gasteiger partial charge in [-0.3, -0.25) is 4.98 Å². The number of hydrogen-bond donors (Lipinski definition) is 1. The zero-order valence-electron chi connectivity index (χ0n) is 8.14. The summed E-state index contributed by atoms with van der Waals surface area (Å²) in [4.78, 5) is 4.00. The van der Waals surface area contributed by atoms with E-state index >= 15 is 0 Å².